The smallest absolute Gasteiger partial charge is 0.315 e. The number of aryl methyl sites for hydroxylation is 1. The van der Waals surface area contributed by atoms with Crippen LogP contribution in [-0.4, -0.2) is 26.9 Å². The highest BCUT2D eigenvalue weighted by molar-refractivity contribution is 5.82. The van der Waals surface area contributed by atoms with Crippen LogP contribution >= 0.6 is 0 Å². The molecule has 10 nitrogen and oxygen atoms in total. The van der Waals surface area contributed by atoms with Crippen molar-refractivity contribution < 1.29 is 19.3 Å². The molecule has 0 saturated heterocycles. The van der Waals surface area contributed by atoms with E-state index >= 15 is 0 Å². The van der Waals surface area contributed by atoms with Crippen LogP contribution in [-0.2, 0) is 6.61 Å². The lowest BCUT2D eigenvalue weighted by atomic mass is 10.1. The van der Waals surface area contributed by atoms with Crippen LogP contribution < -0.4 is 9.47 Å². The van der Waals surface area contributed by atoms with Gasteiger partial charge >= 0.3 is 5.69 Å². The highest BCUT2D eigenvalue weighted by Gasteiger charge is 2.24. The fraction of sp³-hybridized carbons (Fsp3) is 0.136. The second-order valence-electron chi connectivity index (χ2n) is 7.04. The molecule has 0 saturated carbocycles. The van der Waals surface area contributed by atoms with Gasteiger partial charge in [-0.1, -0.05) is 24.3 Å². The molecule has 0 unspecified atom stereocenters. The number of ether oxygens (including phenoxy) is 2. The minimum absolute atomic E-state index is 0.0104. The number of non-ortho nitro benzene ring substituents is 1. The summed E-state index contributed by atoms with van der Waals surface area (Å²) < 4.78 is 11.2. The third kappa shape index (κ3) is 3.93. The summed E-state index contributed by atoms with van der Waals surface area (Å²) in [5, 5.41) is 22.8. The van der Waals surface area contributed by atoms with Gasteiger partial charge in [0.15, 0.2) is 5.75 Å². The van der Waals surface area contributed by atoms with E-state index in [0.717, 1.165) is 11.1 Å². The Morgan fingerprint density at radius 3 is 2.50 bits per heavy atom. The van der Waals surface area contributed by atoms with Crippen LogP contribution in [0.25, 0.3) is 22.4 Å². The molecular weight excluding hydrogens is 416 g/mol. The zero-order valence-corrected chi connectivity index (χ0v) is 17.2. The summed E-state index contributed by atoms with van der Waals surface area (Å²) in [7, 11) is 1.39. The number of rotatable bonds is 7. The number of nitrogens with zero attached hydrogens (tertiary/aromatic N) is 3. The average Bonchev–Trinajstić information content (AvgIpc) is 3.21. The predicted octanol–water partition coefficient (Wildman–Crippen LogP) is 4.94. The molecule has 3 aromatic carbocycles. The minimum atomic E-state index is -0.549. The molecule has 0 bridgehead atoms. The number of nitro groups is 2. The first-order chi connectivity index (χ1) is 15.4. The molecule has 0 aliphatic rings. The summed E-state index contributed by atoms with van der Waals surface area (Å²) >= 11 is 0. The van der Waals surface area contributed by atoms with Crippen LogP contribution in [0.4, 0.5) is 11.4 Å². The second-order valence-corrected chi connectivity index (χ2v) is 7.04. The van der Waals surface area contributed by atoms with Crippen LogP contribution in [0.15, 0.2) is 54.6 Å². The molecule has 0 aliphatic heterocycles. The van der Waals surface area contributed by atoms with E-state index in [1.165, 1.54) is 31.4 Å². The summed E-state index contributed by atoms with van der Waals surface area (Å²) in [5.41, 5.74) is 2.85. The zero-order valence-electron chi connectivity index (χ0n) is 17.2. The van der Waals surface area contributed by atoms with E-state index in [2.05, 4.69) is 9.97 Å². The number of nitro benzene ring substituents is 2. The van der Waals surface area contributed by atoms with E-state index in [-0.39, 0.29) is 29.5 Å². The Bertz CT molecular complexity index is 1350. The molecule has 10 heteroatoms. The summed E-state index contributed by atoms with van der Waals surface area (Å²) in [5.74, 6) is 0.498. The van der Waals surface area contributed by atoms with Crippen LogP contribution in [0.2, 0.25) is 0 Å². The Balaban J connectivity index is 1.75. The van der Waals surface area contributed by atoms with Gasteiger partial charge in [0.05, 0.1) is 28.0 Å². The van der Waals surface area contributed by atoms with Crippen molar-refractivity contribution in [2.45, 2.75) is 13.5 Å². The highest BCUT2D eigenvalue weighted by Crippen LogP contribution is 2.41. The lowest BCUT2D eigenvalue weighted by Gasteiger charge is -2.13. The van der Waals surface area contributed by atoms with Gasteiger partial charge in [0, 0.05) is 23.8 Å². The standard InChI is InChI=1S/C22H18N4O6/c1-13-5-3-4-6-14(13)12-32-21-19(26(29)30)9-15(10-20(21)31-2)22-23-17-8-7-16(25(27)28)11-18(17)24-22/h3-11H,12H2,1-2H3,(H,23,24). The van der Waals surface area contributed by atoms with Crippen LogP contribution in [0.5, 0.6) is 11.5 Å². The van der Waals surface area contributed by atoms with Crippen molar-refractivity contribution in [1.29, 1.82) is 0 Å². The van der Waals surface area contributed by atoms with E-state index in [1.54, 1.807) is 6.07 Å². The van der Waals surface area contributed by atoms with Crippen molar-refractivity contribution in [3.8, 4) is 22.9 Å². The maximum atomic E-state index is 11.8. The fourth-order valence-corrected chi connectivity index (χ4v) is 3.33. The van der Waals surface area contributed by atoms with Gasteiger partial charge in [-0.05, 0) is 30.2 Å². The molecule has 0 amide bonds. The first-order valence-corrected chi connectivity index (χ1v) is 9.55. The third-order valence-corrected chi connectivity index (χ3v) is 5.03. The summed E-state index contributed by atoms with van der Waals surface area (Å²) in [6.45, 7) is 2.07. The first kappa shape index (κ1) is 20.8. The van der Waals surface area contributed by atoms with E-state index < -0.39 is 9.85 Å². The molecule has 0 atom stereocenters. The second kappa shape index (κ2) is 8.34. The van der Waals surface area contributed by atoms with Gasteiger partial charge in [0.1, 0.15) is 12.4 Å². The van der Waals surface area contributed by atoms with Crippen molar-refractivity contribution in [2.24, 2.45) is 0 Å². The van der Waals surface area contributed by atoms with Gasteiger partial charge in [-0.15, -0.1) is 0 Å². The summed E-state index contributed by atoms with van der Waals surface area (Å²) in [6.07, 6.45) is 0. The van der Waals surface area contributed by atoms with Gasteiger partial charge in [-0.25, -0.2) is 4.98 Å². The van der Waals surface area contributed by atoms with Gasteiger partial charge in [0.25, 0.3) is 5.69 Å². The number of aromatic nitrogens is 2. The van der Waals surface area contributed by atoms with Gasteiger partial charge in [-0.3, -0.25) is 20.2 Å². The fourth-order valence-electron chi connectivity index (χ4n) is 3.33. The third-order valence-electron chi connectivity index (χ3n) is 5.03. The van der Waals surface area contributed by atoms with E-state index in [0.29, 0.717) is 22.4 Å². The maximum Gasteiger partial charge on any atom is 0.315 e. The largest absolute Gasteiger partial charge is 0.493 e. The quantitative estimate of drug-likeness (QED) is 0.321. The Morgan fingerprint density at radius 2 is 1.81 bits per heavy atom. The van der Waals surface area contributed by atoms with Gasteiger partial charge in [-0.2, -0.15) is 0 Å². The molecule has 0 fully saturated rings. The van der Waals surface area contributed by atoms with Crippen LogP contribution in [0, 0.1) is 27.2 Å². The molecule has 0 spiro atoms. The normalized spacial score (nSPS) is 10.8. The van der Waals surface area contributed by atoms with Crippen molar-refractivity contribution >= 4 is 22.4 Å². The van der Waals surface area contributed by atoms with Crippen molar-refractivity contribution in [3.63, 3.8) is 0 Å². The molecule has 4 rings (SSSR count). The Morgan fingerprint density at radius 1 is 1.03 bits per heavy atom. The number of hydrogen-bond acceptors (Lipinski definition) is 7. The van der Waals surface area contributed by atoms with E-state index in [1.807, 2.05) is 31.2 Å². The number of hydrogen-bond donors (Lipinski definition) is 1. The molecule has 1 aromatic heterocycles. The number of H-pyrrole nitrogens is 1. The first-order valence-electron chi connectivity index (χ1n) is 9.55. The molecular formula is C22H18N4O6. The lowest BCUT2D eigenvalue weighted by Crippen LogP contribution is -2.03. The zero-order chi connectivity index (χ0) is 22.8. The number of methoxy groups -OCH3 is 1. The van der Waals surface area contributed by atoms with Gasteiger partial charge < -0.3 is 14.5 Å². The summed E-state index contributed by atoms with van der Waals surface area (Å²) in [4.78, 5) is 29.1. The van der Waals surface area contributed by atoms with Crippen LogP contribution in [0.3, 0.4) is 0 Å². The minimum Gasteiger partial charge on any atom is -0.493 e. The lowest BCUT2D eigenvalue weighted by molar-refractivity contribution is -0.386. The molecule has 32 heavy (non-hydrogen) atoms. The van der Waals surface area contributed by atoms with Gasteiger partial charge in [0.2, 0.25) is 5.75 Å². The van der Waals surface area contributed by atoms with E-state index in [4.69, 9.17) is 9.47 Å². The Hall–Kier alpha value is -4.47. The molecule has 1 N–H and O–H groups in total. The topological polar surface area (TPSA) is 133 Å². The number of aromatic amines is 1. The molecule has 1 heterocycles. The number of fused-ring (bicyclic) bond motifs is 1. The predicted molar refractivity (Wildman–Crippen MR) is 117 cm³/mol. The number of nitrogens with one attached hydrogen (secondary N) is 1. The SMILES string of the molecule is COc1cc(-c2nc3ccc([N+](=O)[O-])cc3[nH]2)cc([N+](=O)[O-])c1OCc1ccccc1C. The van der Waals surface area contributed by atoms with E-state index in [9.17, 15) is 20.2 Å². The molecule has 4 aromatic rings. The van der Waals surface area contributed by atoms with Crippen molar-refractivity contribution in [1.82, 2.24) is 9.97 Å². The van der Waals surface area contributed by atoms with Crippen molar-refractivity contribution in [3.05, 3.63) is 86.0 Å². The van der Waals surface area contributed by atoms with Crippen molar-refractivity contribution in [2.75, 3.05) is 7.11 Å². The Labute approximate surface area is 181 Å². The number of imidazole rings is 1. The highest BCUT2D eigenvalue weighted by atomic mass is 16.6. The summed E-state index contributed by atoms with van der Waals surface area (Å²) in [6, 6.07) is 14.7. The van der Waals surface area contributed by atoms with Crippen LogP contribution in [0.1, 0.15) is 11.1 Å². The Kier molecular flexibility index (Phi) is 5.42. The molecule has 162 valence electrons. The average molecular weight is 434 g/mol. The monoisotopic (exact) mass is 434 g/mol. The molecule has 0 aliphatic carbocycles. The number of benzene rings is 3. The molecule has 0 radical (unpaired) electrons. The maximum absolute atomic E-state index is 11.8.